The van der Waals surface area contributed by atoms with Gasteiger partial charge in [0.15, 0.2) is 0 Å². The quantitative estimate of drug-likeness (QED) is 0.428. The number of carbonyl (C=O) groups is 1. The first-order valence-electron chi connectivity index (χ1n) is 8.86. The molecule has 7 nitrogen and oxygen atoms in total. The van der Waals surface area contributed by atoms with Gasteiger partial charge in [0.05, 0.1) is 20.3 Å². The van der Waals surface area contributed by atoms with E-state index in [1.54, 1.807) is 7.11 Å². The van der Waals surface area contributed by atoms with Gasteiger partial charge in [-0.2, -0.15) is 4.80 Å². The number of hydrogen-bond acceptors (Lipinski definition) is 6. The van der Waals surface area contributed by atoms with Crippen molar-refractivity contribution < 1.29 is 14.3 Å². The summed E-state index contributed by atoms with van der Waals surface area (Å²) < 4.78 is 10.5. The summed E-state index contributed by atoms with van der Waals surface area (Å²) in [5.41, 5.74) is 1.97. The Morgan fingerprint density at radius 1 is 1.11 bits per heavy atom. The number of tetrazole rings is 1. The van der Waals surface area contributed by atoms with Crippen molar-refractivity contribution in [3.05, 3.63) is 60.2 Å². The van der Waals surface area contributed by atoms with Gasteiger partial charge in [0, 0.05) is 18.4 Å². The Labute approximate surface area is 157 Å². The molecular formula is C20H22N4O3. The summed E-state index contributed by atoms with van der Waals surface area (Å²) in [4.78, 5) is 13.4. The number of ether oxygens (including phenoxy) is 2. The Bertz CT molecular complexity index is 864. The first-order valence-corrected chi connectivity index (χ1v) is 8.86. The second-order valence-electron chi connectivity index (χ2n) is 6.00. The van der Waals surface area contributed by atoms with Crippen LogP contribution in [0.5, 0.6) is 5.75 Å². The first-order chi connectivity index (χ1) is 13.2. The van der Waals surface area contributed by atoms with Crippen molar-refractivity contribution in [1.82, 2.24) is 20.2 Å². The monoisotopic (exact) mass is 366 g/mol. The van der Waals surface area contributed by atoms with Crippen LogP contribution in [0.15, 0.2) is 54.6 Å². The van der Waals surface area contributed by atoms with Crippen LogP contribution >= 0.6 is 0 Å². The van der Waals surface area contributed by atoms with Gasteiger partial charge in [-0.15, -0.1) is 10.2 Å². The fraction of sp³-hybridized carbons (Fsp3) is 0.300. The molecule has 2 aromatic carbocycles. The molecule has 1 aromatic heterocycles. The van der Waals surface area contributed by atoms with Gasteiger partial charge < -0.3 is 9.47 Å². The maximum absolute atomic E-state index is 11.9. The molecule has 0 unspecified atom stereocenters. The van der Waals surface area contributed by atoms with Crippen LogP contribution in [0.25, 0.3) is 11.4 Å². The molecule has 140 valence electrons. The Hall–Kier alpha value is -3.22. The molecule has 0 bridgehead atoms. The van der Waals surface area contributed by atoms with E-state index in [0.717, 1.165) is 16.9 Å². The summed E-state index contributed by atoms with van der Waals surface area (Å²) in [6.45, 7) is 0.877. The molecule has 0 saturated carbocycles. The van der Waals surface area contributed by atoms with Crippen LogP contribution in [0, 0.1) is 0 Å². The molecular weight excluding hydrogens is 344 g/mol. The third-order valence-corrected chi connectivity index (χ3v) is 4.00. The molecule has 0 amide bonds. The van der Waals surface area contributed by atoms with Crippen LogP contribution in [0.1, 0.15) is 18.4 Å². The zero-order valence-corrected chi connectivity index (χ0v) is 15.2. The highest BCUT2D eigenvalue weighted by Crippen LogP contribution is 2.14. The number of nitrogens with zero attached hydrogens (tertiary/aromatic N) is 4. The van der Waals surface area contributed by atoms with Gasteiger partial charge in [0.25, 0.3) is 0 Å². The van der Waals surface area contributed by atoms with Crippen molar-refractivity contribution in [3.8, 4) is 17.1 Å². The molecule has 0 N–H and O–H groups in total. The Balaban J connectivity index is 1.36. The minimum Gasteiger partial charge on any atom is -0.497 e. The predicted molar refractivity (Wildman–Crippen MR) is 100 cm³/mol. The Morgan fingerprint density at radius 2 is 1.96 bits per heavy atom. The smallest absolute Gasteiger partial charge is 0.306 e. The van der Waals surface area contributed by atoms with E-state index in [1.165, 1.54) is 4.80 Å². The number of esters is 1. The normalized spacial score (nSPS) is 10.6. The van der Waals surface area contributed by atoms with Gasteiger partial charge in [-0.05, 0) is 29.3 Å². The van der Waals surface area contributed by atoms with E-state index < -0.39 is 0 Å². The lowest BCUT2D eigenvalue weighted by molar-refractivity contribution is -0.143. The summed E-state index contributed by atoms with van der Waals surface area (Å²) in [7, 11) is 1.63. The maximum atomic E-state index is 11.9. The molecule has 0 spiro atoms. The van der Waals surface area contributed by atoms with Crippen LogP contribution in [0.4, 0.5) is 0 Å². The van der Waals surface area contributed by atoms with Crippen LogP contribution in [0.2, 0.25) is 0 Å². The molecule has 0 aliphatic heterocycles. The van der Waals surface area contributed by atoms with Crippen molar-refractivity contribution in [1.29, 1.82) is 0 Å². The fourth-order valence-corrected chi connectivity index (χ4v) is 2.58. The van der Waals surface area contributed by atoms with Crippen molar-refractivity contribution >= 4 is 5.97 Å². The summed E-state index contributed by atoms with van der Waals surface area (Å²) >= 11 is 0. The van der Waals surface area contributed by atoms with E-state index in [-0.39, 0.29) is 5.97 Å². The van der Waals surface area contributed by atoms with Crippen molar-refractivity contribution in [2.45, 2.75) is 25.8 Å². The second-order valence-corrected chi connectivity index (χ2v) is 6.00. The third-order valence-electron chi connectivity index (χ3n) is 4.00. The summed E-state index contributed by atoms with van der Waals surface area (Å²) in [6.07, 6.45) is 1.60. The number of carbonyl (C=O) groups excluding carboxylic acids is 1. The van der Waals surface area contributed by atoms with E-state index in [1.807, 2.05) is 54.6 Å². The van der Waals surface area contributed by atoms with Crippen LogP contribution in [-0.2, 0) is 22.5 Å². The topological polar surface area (TPSA) is 79.1 Å². The lowest BCUT2D eigenvalue weighted by Gasteiger charge is -2.06. The SMILES string of the molecule is COc1cccc(CCC(=O)OCCCn2nnc(-c3ccccc3)n2)c1. The fourth-order valence-electron chi connectivity index (χ4n) is 2.58. The molecule has 0 aliphatic carbocycles. The second kappa shape index (κ2) is 9.47. The average molecular weight is 366 g/mol. The lowest BCUT2D eigenvalue weighted by atomic mass is 10.1. The van der Waals surface area contributed by atoms with Gasteiger partial charge in [-0.25, -0.2) is 0 Å². The number of methoxy groups -OCH3 is 1. The van der Waals surface area contributed by atoms with Crippen molar-refractivity contribution in [3.63, 3.8) is 0 Å². The van der Waals surface area contributed by atoms with Gasteiger partial charge in [-0.3, -0.25) is 4.79 Å². The molecule has 0 aliphatic rings. The van der Waals surface area contributed by atoms with Crippen LogP contribution in [-0.4, -0.2) is 39.9 Å². The van der Waals surface area contributed by atoms with Gasteiger partial charge in [0.2, 0.25) is 5.82 Å². The molecule has 27 heavy (non-hydrogen) atoms. The number of rotatable bonds is 9. The molecule has 0 radical (unpaired) electrons. The molecule has 3 aromatic rings. The highest BCUT2D eigenvalue weighted by molar-refractivity contribution is 5.69. The average Bonchev–Trinajstić information content (AvgIpc) is 3.19. The molecule has 0 saturated heterocycles. The predicted octanol–water partition coefficient (Wildman–Crippen LogP) is 2.91. The number of benzene rings is 2. The van der Waals surface area contributed by atoms with Gasteiger partial charge in [-0.1, -0.05) is 42.5 Å². The van der Waals surface area contributed by atoms with Crippen molar-refractivity contribution in [2.24, 2.45) is 0 Å². The highest BCUT2D eigenvalue weighted by Gasteiger charge is 2.07. The van der Waals surface area contributed by atoms with Gasteiger partial charge in [0.1, 0.15) is 5.75 Å². The van der Waals surface area contributed by atoms with E-state index in [9.17, 15) is 4.79 Å². The third kappa shape index (κ3) is 5.64. The van der Waals surface area contributed by atoms with E-state index >= 15 is 0 Å². The first kappa shape index (κ1) is 18.6. The minimum atomic E-state index is -0.214. The Kier molecular flexibility index (Phi) is 6.51. The maximum Gasteiger partial charge on any atom is 0.306 e. The van der Waals surface area contributed by atoms with E-state index in [2.05, 4.69) is 15.4 Å². The van der Waals surface area contributed by atoms with Crippen molar-refractivity contribution in [2.75, 3.05) is 13.7 Å². The summed E-state index contributed by atoms with van der Waals surface area (Å²) in [5.74, 6) is 1.16. The highest BCUT2D eigenvalue weighted by atomic mass is 16.5. The molecule has 0 fully saturated rings. The van der Waals surface area contributed by atoms with Crippen LogP contribution in [0.3, 0.4) is 0 Å². The standard InChI is InChI=1S/C20H22N4O3/c1-26-18-10-5-7-16(15-18)11-12-19(25)27-14-6-13-24-22-20(21-23-24)17-8-3-2-4-9-17/h2-5,7-10,15H,6,11-14H2,1H3. The summed E-state index contributed by atoms with van der Waals surface area (Å²) in [6, 6.07) is 17.4. The Morgan fingerprint density at radius 3 is 2.78 bits per heavy atom. The summed E-state index contributed by atoms with van der Waals surface area (Å²) in [5, 5.41) is 12.4. The molecule has 0 atom stereocenters. The van der Waals surface area contributed by atoms with Crippen LogP contribution < -0.4 is 4.74 Å². The number of aryl methyl sites for hydroxylation is 2. The van der Waals surface area contributed by atoms with Gasteiger partial charge >= 0.3 is 5.97 Å². The lowest BCUT2D eigenvalue weighted by Crippen LogP contribution is -2.10. The largest absolute Gasteiger partial charge is 0.497 e. The zero-order chi connectivity index (χ0) is 18.9. The minimum absolute atomic E-state index is 0.214. The molecule has 7 heteroatoms. The molecule has 1 heterocycles. The van der Waals surface area contributed by atoms with E-state index in [0.29, 0.717) is 38.2 Å². The number of hydrogen-bond donors (Lipinski definition) is 0. The molecule has 3 rings (SSSR count). The zero-order valence-electron chi connectivity index (χ0n) is 15.2. The number of aromatic nitrogens is 4. The van der Waals surface area contributed by atoms with E-state index in [4.69, 9.17) is 9.47 Å².